The van der Waals surface area contributed by atoms with Crippen LogP contribution in [-0.2, 0) is 24.1 Å². The average Bonchev–Trinajstić information content (AvgIpc) is 3.17. The van der Waals surface area contributed by atoms with Crippen LogP contribution in [0.25, 0.3) is 10.9 Å². The number of aryl methyl sites for hydroxylation is 2. The maximum absolute atomic E-state index is 13.1. The van der Waals surface area contributed by atoms with Gasteiger partial charge in [0, 0.05) is 54.5 Å². The second-order valence-electron chi connectivity index (χ2n) is 8.48. The Balaban J connectivity index is 1.30. The molecule has 1 aromatic heterocycles. The van der Waals surface area contributed by atoms with Crippen molar-refractivity contribution in [1.82, 2.24) is 9.88 Å². The minimum atomic E-state index is 0.0694. The maximum atomic E-state index is 13.1. The molecule has 156 valence electrons. The first kappa shape index (κ1) is 19.2. The zero-order chi connectivity index (χ0) is 20.5. The molecular weight excluding hydrogens is 374 g/mol. The lowest BCUT2D eigenvalue weighted by Crippen LogP contribution is -2.36. The van der Waals surface area contributed by atoms with Crippen LogP contribution in [0.4, 0.5) is 5.69 Å². The van der Waals surface area contributed by atoms with Crippen molar-refractivity contribution in [2.24, 2.45) is 0 Å². The second kappa shape index (κ2) is 8.15. The van der Waals surface area contributed by atoms with E-state index < -0.39 is 0 Å². The number of aromatic amines is 1. The molecule has 5 heteroatoms. The molecule has 1 aliphatic carbocycles. The van der Waals surface area contributed by atoms with Crippen LogP contribution in [0.1, 0.15) is 40.0 Å². The van der Waals surface area contributed by atoms with Crippen LogP contribution >= 0.6 is 0 Å². The van der Waals surface area contributed by atoms with Gasteiger partial charge in [-0.2, -0.15) is 0 Å². The van der Waals surface area contributed by atoms with Crippen LogP contribution in [0.15, 0.2) is 42.5 Å². The smallest absolute Gasteiger partial charge is 0.253 e. The summed E-state index contributed by atoms with van der Waals surface area (Å²) in [5, 5.41) is 1.22. The Bertz CT molecular complexity index is 1050. The highest BCUT2D eigenvalue weighted by atomic mass is 16.5. The summed E-state index contributed by atoms with van der Waals surface area (Å²) in [5.41, 5.74) is 7.05. The summed E-state index contributed by atoms with van der Waals surface area (Å²) in [6.45, 7) is 4.04. The van der Waals surface area contributed by atoms with Crippen molar-refractivity contribution in [3.8, 4) is 0 Å². The number of H-pyrrole nitrogens is 1. The van der Waals surface area contributed by atoms with Crippen molar-refractivity contribution in [3.63, 3.8) is 0 Å². The van der Waals surface area contributed by atoms with Crippen LogP contribution in [0, 0.1) is 0 Å². The lowest BCUT2D eigenvalue weighted by atomic mass is 9.95. The van der Waals surface area contributed by atoms with Crippen molar-refractivity contribution in [2.75, 3.05) is 38.3 Å². The van der Waals surface area contributed by atoms with E-state index in [1.54, 1.807) is 0 Å². The van der Waals surface area contributed by atoms with Crippen molar-refractivity contribution in [3.05, 3.63) is 64.8 Å². The Kier molecular flexibility index (Phi) is 5.21. The largest absolute Gasteiger partial charge is 0.378 e. The van der Waals surface area contributed by atoms with E-state index in [2.05, 4.69) is 46.3 Å². The summed E-state index contributed by atoms with van der Waals surface area (Å²) in [4.78, 5) is 20.8. The third-order valence-electron chi connectivity index (χ3n) is 6.42. The van der Waals surface area contributed by atoms with E-state index in [1.165, 1.54) is 35.2 Å². The van der Waals surface area contributed by atoms with Gasteiger partial charge in [-0.25, -0.2) is 0 Å². The van der Waals surface area contributed by atoms with Gasteiger partial charge in [-0.15, -0.1) is 0 Å². The third-order valence-corrected chi connectivity index (χ3v) is 6.42. The number of nitrogens with zero attached hydrogens (tertiary/aromatic N) is 2. The number of morpholine rings is 1. The summed E-state index contributed by atoms with van der Waals surface area (Å²) >= 11 is 0. The number of ether oxygens (including phenoxy) is 1. The van der Waals surface area contributed by atoms with E-state index in [0.717, 1.165) is 55.8 Å². The zero-order valence-electron chi connectivity index (χ0n) is 17.6. The van der Waals surface area contributed by atoms with E-state index in [0.29, 0.717) is 6.54 Å². The SMILES string of the molecule is CN(Cc1ccc(N2CCOCC2)cc1)C(=O)c1ccc2[nH]c3c(c2c1)CCCC3. The number of carbonyl (C=O) groups is 1. The fraction of sp³-hybridized carbons (Fsp3) is 0.400. The standard InChI is InChI=1S/C25H29N3O2/c1-27(17-18-6-9-20(10-7-18)28-12-14-30-15-13-28)25(29)19-8-11-24-22(16-19)21-4-2-3-5-23(21)26-24/h6-11,16,26H,2-5,12-15,17H2,1H3. The van der Waals surface area contributed by atoms with E-state index in [1.807, 2.05) is 18.0 Å². The highest BCUT2D eigenvalue weighted by Crippen LogP contribution is 2.30. The number of fused-ring (bicyclic) bond motifs is 3. The van der Waals surface area contributed by atoms with Crippen LogP contribution in [0.3, 0.4) is 0 Å². The summed E-state index contributed by atoms with van der Waals surface area (Å²) in [7, 11) is 1.88. The molecule has 0 spiro atoms. The van der Waals surface area contributed by atoms with Gasteiger partial charge in [0.05, 0.1) is 13.2 Å². The molecule has 30 heavy (non-hydrogen) atoms. The molecule has 2 heterocycles. The predicted octanol–water partition coefficient (Wildman–Crippen LogP) is 4.16. The maximum Gasteiger partial charge on any atom is 0.253 e. The fourth-order valence-corrected chi connectivity index (χ4v) is 4.74. The zero-order valence-corrected chi connectivity index (χ0v) is 17.6. The van der Waals surface area contributed by atoms with Gasteiger partial charge in [0.25, 0.3) is 5.91 Å². The highest BCUT2D eigenvalue weighted by Gasteiger charge is 2.18. The number of rotatable bonds is 4. The monoisotopic (exact) mass is 403 g/mol. The van der Waals surface area contributed by atoms with Gasteiger partial charge >= 0.3 is 0 Å². The Morgan fingerprint density at radius 2 is 1.83 bits per heavy atom. The molecule has 0 unspecified atom stereocenters. The minimum absolute atomic E-state index is 0.0694. The van der Waals surface area contributed by atoms with Gasteiger partial charge in [0.1, 0.15) is 0 Å². The third kappa shape index (κ3) is 3.70. The first-order chi connectivity index (χ1) is 14.7. The molecule has 0 atom stereocenters. The lowest BCUT2D eigenvalue weighted by Gasteiger charge is -2.29. The molecule has 1 amide bonds. The number of hydrogen-bond acceptors (Lipinski definition) is 3. The molecule has 3 aromatic rings. The van der Waals surface area contributed by atoms with Gasteiger partial charge in [0.2, 0.25) is 0 Å². The molecule has 5 rings (SSSR count). The topological polar surface area (TPSA) is 48.6 Å². The minimum Gasteiger partial charge on any atom is -0.378 e. The molecule has 5 nitrogen and oxygen atoms in total. The summed E-state index contributed by atoms with van der Waals surface area (Å²) < 4.78 is 5.43. The van der Waals surface area contributed by atoms with Gasteiger partial charge in [-0.05, 0) is 67.1 Å². The van der Waals surface area contributed by atoms with Gasteiger partial charge in [-0.1, -0.05) is 12.1 Å². The lowest BCUT2D eigenvalue weighted by molar-refractivity contribution is 0.0785. The number of anilines is 1. The van der Waals surface area contributed by atoms with Gasteiger partial charge < -0.3 is 19.5 Å². The number of hydrogen-bond donors (Lipinski definition) is 1. The van der Waals surface area contributed by atoms with Crippen molar-refractivity contribution in [1.29, 1.82) is 0 Å². The Morgan fingerprint density at radius 1 is 1.07 bits per heavy atom. The van der Waals surface area contributed by atoms with Crippen molar-refractivity contribution in [2.45, 2.75) is 32.2 Å². The first-order valence-corrected chi connectivity index (χ1v) is 11.0. The second-order valence-corrected chi connectivity index (χ2v) is 8.48. The molecule has 1 fully saturated rings. The molecule has 0 bridgehead atoms. The predicted molar refractivity (Wildman–Crippen MR) is 120 cm³/mol. The fourth-order valence-electron chi connectivity index (χ4n) is 4.74. The van der Waals surface area contributed by atoms with Crippen LogP contribution < -0.4 is 4.90 Å². The first-order valence-electron chi connectivity index (χ1n) is 11.0. The quantitative estimate of drug-likeness (QED) is 0.712. The van der Waals surface area contributed by atoms with E-state index in [4.69, 9.17) is 4.74 Å². The number of amides is 1. The molecule has 1 N–H and O–H groups in total. The number of nitrogens with one attached hydrogen (secondary N) is 1. The molecule has 2 aliphatic rings. The summed E-state index contributed by atoms with van der Waals surface area (Å²) in [6, 6.07) is 14.6. The van der Waals surface area contributed by atoms with Gasteiger partial charge in [0.15, 0.2) is 0 Å². The Morgan fingerprint density at radius 3 is 2.63 bits per heavy atom. The Labute approximate surface area is 177 Å². The average molecular weight is 404 g/mol. The van der Waals surface area contributed by atoms with Crippen LogP contribution in [-0.4, -0.2) is 49.1 Å². The number of carbonyl (C=O) groups excluding carboxylic acids is 1. The van der Waals surface area contributed by atoms with E-state index in [-0.39, 0.29) is 5.91 Å². The van der Waals surface area contributed by atoms with Crippen molar-refractivity contribution >= 4 is 22.5 Å². The Hall–Kier alpha value is -2.79. The number of aromatic nitrogens is 1. The summed E-state index contributed by atoms with van der Waals surface area (Å²) in [6.07, 6.45) is 4.71. The highest BCUT2D eigenvalue weighted by molar-refractivity contribution is 5.99. The molecular formula is C25H29N3O2. The van der Waals surface area contributed by atoms with E-state index >= 15 is 0 Å². The molecule has 1 aliphatic heterocycles. The van der Waals surface area contributed by atoms with E-state index in [9.17, 15) is 4.79 Å². The number of benzene rings is 2. The van der Waals surface area contributed by atoms with Crippen LogP contribution in [0.5, 0.6) is 0 Å². The van der Waals surface area contributed by atoms with Crippen LogP contribution in [0.2, 0.25) is 0 Å². The summed E-state index contributed by atoms with van der Waals surface area (Å²) in [5.74, 6) is 0.0694. The molecule has 0 radical (unpaired) electrons. The van der Waals surface area contributed by atoms with Gasteiger partial charge in [-0.3, -0.25) is 4.79 Å². The molecule has 2 aromatic carbocycles. The normalized spacial score (nSPS) is 16.5. The van der Waals surface area contributed by atoms with Crippen molar-refractivity contribution < 1.29 is 9.53 Å². The molecule has 1 saturated heterocycles. The molecule has 0 saturated carbocycles.